The van der Waals surface area contributed by atoms with Crippen LogP contribution in [0.15, 0.2) is 6.33 Å². The van der Waals surface area contributed by atoms with Gasteiger partial charge in [0.05, 0.1) is 6.07 Å². The van der Waals surface area contributed by atoms with Gasteiger partial charge in [0.2, 0.25) is 0 Å². The first-order valence-electron chi connectivity index (χ1n) is 2.01. The highest BCUT2D eigenvalue weighted by molar-refractivity contribution is 4.65. The Morgan fingerprint density at radius 2 is 2.62 bits per heavy atom. The number of tetrazole rings is 1. The Morgan fingerprint density at radius 1 is 1.75 bits per heavy atom. The molecule has 0 bridgehead atoms. The summed E-state index contributed by atoms with van der Waals surface area (Å²) < 4.78 is 0. The van der Waals surface area contributed by atoms with Crippen LogP contribution in [0.1, 0.15) is 0 Å². The first-order chi connectivity index (χ1) is 3.93. The SMILES string of the molecule is N#CCn1ncnn1. The fraction of sp³-hybridized carbons (Fsp3) is 0.333. The smallest absolute Gasteiger partial charge is 0.162 e. The Kier molecular flexibility index (Phi) is 1.19. The Morgan fingerprint density at radius 3 is 3.12 bits per heavy atom. The molecule has 0 aliphatic carbocycles. The van der Waals surface area contributed by atoms with Gasteiger partial charge in [-0.25, -0.2) is 0 Å². The van der Waals surface area contributed by atoms with Gasteiger partial charge in [0.15, 0.2) is 6.33 Å². The minimum absolute atomic E-state index is 0.167. The van der Waals surface area contributed by atoms with Crippen molar-refractivity contribution in [3.8, 4) is 6.07 Å². The molecule has 0 N–H and O–H groups in total. The van der Waals surface area contributed by atoms with Gasteiger partial charge in [0.25, 0.3) is 0 Å². The second-order valence-electron chi connectivity index (χ2n) is 1.12. The van der Waals surface area contributed by atoms with Crippen molar-refractivity contribution < 1.29 is 0 Å². The molecule has 1 aromatic heterocycles. The molecule has 0 unspecified atom stereocenters. The second kappa shape index (κ2) is 2.02. The standard InChI is InChI=1S/C3H3N5/c4-1-2-8-6-3-5-7-8/h3H,2H2. The lowest BCUT2D eigenvalue weighted by Crippen LogP contribution is -1.99. The van der Waals surface area contributed by atoms with E-state index in [4.69, 9.17) is 5.26 Å². The van der Waals surface area contributed by atoms with Gasteiger partial charge < -0.3 is 0 Å². The third-order valence-corrected chi connectivity index (χ3v) is 0.604. The van der Waals surface area contributed by atoms with Crippen molar-refractivity contribution in [3.63, 3.8) is 0 Å². The van der Waals surface area contributed by atoms with E-state index >= 15 is 0 Å². The molecule has 0 radical (unpaired) electrons. The van der Waals surface area contributed by atoms with E-state index in [-0.39, 0.29) is 6.54 Å². The van der Waals surface area contributed by atoms with Gasteiger partial charge in [0, 0.05) is 0 Å². The van der Waals surface area contributed by atoms with Crippen molar-refractivity contribution >= 4 is 0 Å². The zero-order chi connectivity index (χ0) is 5.82. The molecule has 40 valence electrons. The van der Waals surface area contributed by atoms with Gasteiger partial charge >= 0.3 is 0 Å². The number of nitrogens with zero attached hydrogens (tertiary/aromatic N) is 5. The number of aromatic nitrogens is 4. The fourth-order valence-electron chi connectivity index (χ4n) is 0.324. The van der Waals surface area contributed by atoms with Gasteiger partial charge in [-0.2, -0.15) is 10.1 Å². The summed E-state index contributed by atoms with van der Waals surface area (Å²) in [5, 5.41) is 18.5. The van der Waals surface area contributed by atoms with Crippen LogP contribution < -0.4 is 0 Å². The first kappa shape index (κ1) is 4.71. The van der Waals surface area contributed by atoms with E-state index in [0.717, 1.165) is 0 Å². The van der Waals surface area contributed by atoms with Crippen molar-refractivity contribution in [2.24, 2.45) is 0 Å². The summed E-state index contributed by atoms with van der Waals surface area (Å²) in [4.78, 5) is 1.21. The topological polar surface area (TPSA) is 67.4 Å². The average molecular weight is 109 g/mol. The molecule has 0 aliphatic rings. The van der Waals surface area contributed by atoms with Crippen molar-refractivity contribution in [2.75, 3.05) is 0 Å². The number of hydrogen-bond donors (Lipinski definition) is 0. The minimum atomic E-state index is 0.167. The molecule has 0 fully saturated rings. The first-order valence-corrected chi connectivity index (χ1v) is 2.01. The number of rotatable bonds is 1. The predicted octanol–water partition coefficient (Wildman–Crippen LogP) is -0.803. The van der Waals surface area contributed by atoms with E-state index in [1.807, 2.05) is 6.07 Å². The molecule has 0 saturated heterocycles. The molecule has 8 heavy (non-hydrogen) atoms. The van der Waals surface area contributed by atoms with Crippen LogP contribution in [0.4, 0.5) is 0 Å². The van der Waals surface area contributed by atoms with Gasteiger partial charge in [-0.3, -0.25) is 0 Å². The molecular weight excluding hydrogens is 106 g/mol. The Balaban J connectivity index is 2.67. The zero-order valence-electron chi connectivity index (χ0n) is 4.02. The van der Waals surface area contributed by atoms with E-state index in [0.29, 0.717) is 0 Å². The lowest BCUT2D eigenvalue weighted by atomic mass is 10.8. The third-order valence-electron chi connectivity index (χ3n) is 0.604. The monoisotopic (exact) mass is 109 g/mol. The van der Waals surface area contributed by atoms with Gasteiger partial charge in [-0.15, -0.1) is 10.2 Å². The molecule has 1 aromatic rings. The predicted molar refractivity (Wildman–Crippen MR) is 23.4 cm³/mol. The Bertz CT molecular complexity index is 182. The van der Waals surface area contributed by atoms with Crippen LogP contribution in [0.2, 0.25) is 0 Å². The van der Waals surface area contributed by atoms with E-state index in [2.05, 4.69) is 15.4 Å². The highest BCUT2D eigenvalue weighted by Gasteiger charge is 1.85. The van der Waals surface area contributed by atoms with E-state index in [1.54, 1.807) is 0 Å². The number of nitriles is 1. The third kappa shape index (κ3) is 0.789. The maximum atomic E-state index is 8.06. The van der Waals surface area contributed by atoms with Crippen LogP contribution in [0, 0.1) is 11.3 Å². The minimum Gasteiger partial charge on any atom is -0.196 e. The molecule has 0 aromatic carbocycles. The van der Waals surface area contributed by atoms with Gasteiger partial charge in [-0.05, 0) is 5.21 Å². The van der Waals surface area contributed by atoms with E-state index < -0.39 is 0 Å². The molecular formula is C3H3N5. The Hall–Kier alpha value is -1.44. The van der Waals surface area contributed by atoms with Crippen LogP contribution >= 0.6 is 0 Å². The molecule has 0 spiro atoms. The van der Waals surface area contributed by atoms with Crippen molar-refractivity contribution in [1.29, 1.82) is 5.26 Å². The molecule has 5 heteroatoms. The van der Waals surface area contributed by atoms with Crippen molar-refractivity contribution in [1.82, 2.24) is 20.2 Å². The van der Waals surface area contributed by atoms with Crippen LogP contribution in [0.5, 0.6) is 0 Å². The molecule has 0 saturated carbocycles. The normalized spacial score (nSPS) is 8.38. The number of hydrogen-bond acceptors (Lipinski definition) is 4. The average Bonchev–Trinajstić information content (AvgIpc) is 2.19. The van der Waals surface area contributed by atoms with Gasteiger partial charge in [0.1, 0.15) is 6.54 Å². The highest BCUT2D eigenvalue weighted by Crippen LogP contribution is 1.68. The molecule has 1 heterocycles. The summed E-state index contributed by atoms with van der Waals surface area (Å²) >= 11 is 0. The van der Waals surface area contributed by atoms with Crippen LogP contribution in [-0.4, -0.2) is 20.2 Å². The summed E-state index contributed by atoms with van der Waals surface area (Å²) in [5.41, 5.74) is 0. The quantitative estimate of drug-likeness (QED) is 0.473. The van der Waals surface area contributed by atoms with E-state index in [1.165, 1.54) is 11.1 Å². The lowest BCUT2D eigenvalue weighted by molar-refractivity contribution is 0.588. The Labute approximate surface area is 45.5 Å². The highest BCUT2D eigenvalue weighted by atomic mass is 15.6. The maximum absolute atomic E-state index is 8.06. The lowest BCUT2D eigenvalue weighted by Gasteiger charge is -1.80. The largest absolute Gasteiger partial charge is 0.196 e. The van der Waals surface area contributed by atoms with Crippen LogP contribution in [0.25, 0.3) is 0 Å². The molecule has 0 atom stereocenters. The zero-order valence-corrected chi connectivity index (χ0v) is 4.02. The van der Waals surface area contributed by atoms with Crippen molar-refractivity contribution in [2.45, 2.75) is 6.54 Å². The fourth-order valence-corrected chi connectivity index (χ4v) is 0.324. The molecule has 1 rings (SSSR count). The van der Waals surface area contributed by atoms with E-state index in [9.17, 15) is 0 Å². The summed E-state index contributed by atoms with van der Waals surface area (Å²) in [6.07, 6.45) is 1.29. The van der Waals surface area contributed by atoms with Crippen LogP contribution in [-0.2, 0) is 6.54 Å². The van der Waals surface area contributed by atoms with Crippen LogP contribution in [0.3, 0.4) is 0 Å². The molecule has 0 aliphatic heterocycles. The maximum Gasteiger partial charge on any atom is 0.162 e. The summed E-state index contributed by atoms with van der Waals surface area (Å²) in [7, 11) is 0. The van der Waals surface area contributed by atoms with Gasteiger partial charge in [-0.1, -0.05) is 0 Å². The second-order valence-corrected chi connectivity index (χ2v) is 1.12. The summed E-state index contributed by atoms with van der Waals surface area (Å²) in [6, 6.07) is 1.87. The summed E-state index contributed by atoms with van der Waals surface area (Å²) in [6.45, 7) is 0.167. The molecule has 5 nitrogen and oxygen atoms in total. The van der Waals surface area contributed by atoms with Crippen molar-refractivity contribution in [3.05, 3.63) is 6.33 Å². The molecule has 0 amide bonds. The summed E-state index contributed by atoms with van der Waals surface area (Å²) in [5.74, 6) is 0.